The fraction of sp³-hybridized carbons (Fsp3) is 0.571. The van der Waals surface area contributed by atoms with E-state index in [0.717, 1.165) is 31.8 Å². The highest BCUT2D eigenvalue weighted by atomic mass is 32.1. The van der Waals surface area contributed by atoms with E-state index in [0.29, 0.717) is 0 Å². The summed E-state index contributed by atoms with van der Waals surface area (Å²) in [5, 5.41) is 0. The first-order valence-corrected chi connectivity index (χ1v) is 6.50. The Labute approximate surface area is 105 Å². The number of rotatable bonds is 7. The van der Waals surface area contributed by atoms with Crippen LogP contribution in [0.3, 0.4) is 0 Å². The van der Waals surface area contributed by atoms with Crippen molar-refractivity contribution in [2.24, 2.45) is 5.41 Å². The van der Waals surface area contributed by atoms with Gasteiger partial charge in [0, 0.05) is 6.61 Å². The van der Waals surface area contributed by atoms with Crippen LogP contribution in [0.5, 0.6) is 0 Å². The van der Waals surface area contributed by atoms with Gasteiger partial charge in [0.2, 0.25) is 0 Å². The summed E-state index contributed by atoms with van der Waals surface area (Å²) in [6.45, 7) is 5.99. The summed E-state index contributed by atoms with van der Waals surface area (Å²) in [6.07, 6.45) is 2.19. The van der Waals surface area contributed by atoms with Crippen LogP contribution >= 0.6 is 12.6 Å². The second-order valence-corrected chi connectivity index (χ2v) is 5.28. The van der Waals surface area contributed by atoms with E-state index in [9.17, 15) is 0 Å². The lowest BCUT2D eigenvalue weighted by atomic mass is 9.98. The van der Waals surface area contributed by atoms with E-state index in [1.165, 1.54) is 5.56 Å². The van der Waals surface area contributed by atoms with Gasteiger partial charge in [0.15, 0.2) is 0 Å². The first kappa shape index (κ1) is 13.6. The quantitative estimate of drug-likeness (QED) is 0.564. The van der Waals surface area contributed by atoms with E-state index in [4.69, 9.17) is 4.74 Å². The van der Waals surface area contributed by atoms with Gasteiger partial charge in [0.1, 0.15) is 0 Å². The van der Waals surface area contributed by atoms with E-state index >= 15 is 0 Å². The molecule has 1 aromatic rings. The Morgan fingerprint density at radius 1 is 1.19 bits per heavy atom. The Bertz CT molecular complexity index is 282. The van der Waals surface area contributed by atoms with E-state index < -0.39 is 0 Å². The van der Waals surface area contributed by atoms with Crippen LogP contribution in [0, 0.1) is 5.41 Å². The number of hydrogen-bond donors (Lipinski definition) is 1. The van der Waals surface area contributed by atoms with Crippen LogP contribution in [-0.4, -0.2) is 19.0 Å². The summed E-state index contributed by atoms with van der Waals surface area (Å²) in [5.74, 6) is 0.867. The average Bonchev–Trinajstić information content (AvgIpc) is 2.30. The molecule has 0 bridgehead atoms. The molecule has 90 valence electrons. The second-order valence-electron chi connectivity index (χ2n) is 4.96. The lowest BCUT2D eigenvalue weighted by Crippen LogP contribution is -2.21. The minimum absolute atomic E-state index is 0.190. The van der Waals surface area contributed by atoms with Gasteiger partial charge in [0.05, 0.1) is 6.61 Å². The molecule has 0 amide bonds. The Balaban J connectivity index is 2.09. The van der Waals surface area contributed by atoms with Crippen LogP contribution in [0.4, 0.5) is 0 Å². The molecule has 0 spiro atoms. The summed E-state index contributed by atoms with van der Waals surface area (Å²) in [6, 6.07) is 10.5. The first-order chi connectivity index (χ1) is 7.64. The van der Waals surface area contributed by atoms with Crippen LogP contribution in [-0.2, 0) is 11.2 Å². The Kier molecular flexibility index (Phi) is 5.93. The molecule has 0 fully saturated rings. The van der Waals surface area contributed by atoms with Crippen LogP contribution in [0.1, 0.15) is 25.8 Å². The number of ether oxygens (including phenoxy) is 1. The van der Waals surface area contributed by atoms with Crippen LogP contribution in [0.15, 0.2) is 30.3 Å². The third-order valence-electron chi connectivity index (χ3n) is 2.52. The molecule has 0 N–H and O–H groups in total. The maximum absolute atomic E-state index is 5.66. The molecule has 0 radical (unpaired) electrons. The third-order valence-corrected chi connectivity index (χ3v) is 3.37. The zero-order valence-electron chi connectivity index (χ0n) is 10.3. The Hall–Kier alpha value is -0.470. The van der Waals surface area contributed by atoms with Crippen LogP contribution < -0.4 is 0 Å². The zero-order valence-corrected chi connectivity index (χ0v) is 11.2. The topological polar surface area (TPSA) is 9.23 Å². The first-order valence-electron chi connectivity index (χ1n) is 5.86. The number of hydrogen-bond acceptors (Lipinski definition) is 2. The smallest absolute Gasteiger partial charge is 0.0524 e. The largest absolute Gasteiger partial charge is 0.381 e. The fourth-order valence-electron chi connectivity index (χ4n) is 1.42. The maximum atomic E-state index is 5.66. The maximum Gasteiger partial charge on any atom is 0.0524 e. The summed E-state index contributed by atoms with van der Waals surface area (Å²) in [7, 11) is 0. The van der Waals surface area contributed by atoms with Crippen LogP contribution in [0.2, 0.25) is 0 Å². The fourth-order valence-corrected chi connectivity index (χ4v) is 1.51. The molecular formula is C14H22OS. The molecule has 0 unspecified atom stereocenters. The van der Waals surface area contributed by atoms with E-state index in [-0.39, 0.29) is 5.41 Å². The van der Waals surface area contributed by atoms with Gasteiger partial charge in [-0.25, -0.2) is 0 Å². The van der Waals surface area contributed by atoms with Crippen molar-refractivity contribution >= 4 is 12.6 Å². The second kappa shape index (κ2) is 6.97. The SMILES string of the molecule is CC(C)(CS)COCCCc1ccccc1. The molecule has 0 atom stereocenters. The van der Waals surface area contributed by atoms with Gasteiger partial charge in [-0.15, -0.1) is 0 Å². The minimum atomic E-state index is 0.190. The number of aryl methyl sites for hydroxylation is 1. The molecule has 0 aliphatic carbocycles. The molecule has 1 rings (SSSR count). The molecule has 0 heterocycles. The third kappa shape index (κ3) is 5.57. The molecule has 1 nitrogen and oxygen atoms in total. The average molecular weight is 238 g/mol. The van der Waals surface area contributed by atoms with Crippen molar-refractivity contribution in [3.8, 4) is 0 Å². The summed E-state index contributed by atoms with van der Waals surface area (Å²) < 4.78 is 5.66. The monoisotopic (exact) mass is 238 g/mol. The summed E-state index contributed by atoms with van der Waals surface area (Å²) >= 11 is 4.30. The van der Waals surface area contributed by atoms with Gasteiger partial charge in [-0.3, -0.25) is 0 Å². The number of thiol groups is 1. The van der Waals surface area contributed by atoms with E-state index in [1.54, 1.807) is 0 Å². The van der Waals surface area contributed by atoms with Gasteiger partial charge >= 0.3 is 0 Å². The Morgan fingerprint density at radius 3 is 2.50 bits per heavy atom. The highest BCUT2D eigenvalue weighted by molar-refractivity contribution is 7.80. The summed E-state index contributed by atoms with van der Waals surface area (Å²) in [5.41, 5.74) is 1.58. The highest BCUT2D eigenvalue weighted by Crippen LogP contribution is 2.16. The molecule has 0 saturated heterocycles. The number of benzene rings is 1. The zero-order chi connectivity index (χ0) is 11.9. The molecule has 2 heteroatoms. The standard InChI is InChI=1S/C14H22OS/c1-14(2,12-16)11-15-10-6-9-13-7-4-3-5-8-13/h3-5,7-8,16H,6,9-12H2,1-2H3. The van der Waals surface area contributed by atoms with Gasteiger partial charge in [0.25, 0.3) is 0 Å². The molecule has 16 heavy (non-hydrogen) atoms. The van der Waals surface area contributed by atoms with Gasteiger partial charge in [-0.1, -0.05) is 44.2 Å². The predicted octanol–water partition coefficient (Wildman–Crippen LogP) is 3.59. The van der Waals surface area contributed by atoms with Crippen molar-refractivity contribution in [2.75, 3.05) is 19.0 Å². The lowest BCUT2D eigenvalue weighted by Gasteiger charge is -2.21. The van der Waals surface area contributed by atoms with Crippen molar-refractivity contribution in [1.29, 1.82) is 0 Å². The Morgan fingerprint density at radius 2 is 1.88 bits per heavy atom. The highest BCUT2D eigenvalue weighted by Gasteiger charge is 2.15. The van der Waals surface area contributed by atoms with Gasteiger partial charge < -0.3 is 4.74 Å². The van der Waals surface area contributed by atoms with Gasteiger partial charge in [-0.2, -0.15) is 12.6 Å². The van der Waals surface area contributed by atoms with Crippen molar-refractivity contribution in [3.63, 3.8) is 0 Å². The molecule has 0 aromatic heterocycles. The molecule has 0 aliphatic rings. The normalized spacial score (nSPS) is 11.7. The lowest BCUT2D eigenvalue weighted by molar-refractivity contribution is 0.0722. The summed E-state index contributed by atoms with van der Waals surface area (Å²) in [4.78, 5) is 0. The van der Waals surface area contributed by atoms with Gasteiger partial charge in [-0.05, 0) is 29.6 Å². The molecule has 1 aromatic carbocycles. The molecular weight excluding hydrogens is 216 g/mol. The minimum Gasteiger partial charge on any atom is -0.381 e. The van der Waals surface area contributed by atoms with Crippen LogP contribution in [0.25, 0.3) is 0 Å². The van der Waals surface area contributed by atoms with E-state index in [2.05, 4.69) is 56.8 Å². The molecule has 0 aliphatic heterocycles. The van der Waals surface area contributed by atoms with Crippen molar-refractivity contribution in [2.45, 2.75) is 26.7 Å². The van der Waals surface area contributed by atoms with Crippen molar-refractivity contribution < 1.29 is 4.74 Å². The predicted molar refractivity (Wildman–Crippen MR) is 73.2 cm³/mol. The van der Waals surface area contributed by atoms with E-state index in [1.807, 2.05) is 0 Å². The van der Waals surface area contributed by atoms with Crippen molar-refractivity contribution in [1.82, 2.24) is 0 Å². The molecule has 0 saturated carbocycles. The van der Waals surface area contributed by atoms with Crippen molar-refractivity contribution in [3.05, 3.63) is 35.9 Å².